The van der Waals surface area contributed by atoms with Crippen LogP contribution in [-0.2, 0) is 16.0 Å². The summed E-state index contributed by atoms with van der Waals surface area (Å²) in [6.45, 7) is 2.23. The van der Waals surface area contributed by atoms with Gasteiger partial charge < -0.3 is 10.8 Å². The lowest BCUT2D eigenvalue weighted by molar-refractivity contribution is -0.131. The number of carboxylic acids is 1. The Morgan fingerprint density at radius 2 is 1.83 bits per heavy atom. The summed E-state index contributed by atoms with van der Waals surface area (Å²) in [7, 11) is 0. The Bertz CT molecular complexity index is 369. The van der Waals surface area contributed by atoms with Gasteiger partial charge in [0.2, 0.25) is 5.91 Å². The smallest absolute Gasteiger partial charge is 0.328 e. The lowest BCUT2D eigenvalue weighted by Gasteiger charge is -1.96. The Morgan fingerprint density at radius 1 is 1.22 bits per heavy atom. The second-order valence-electron chi connectivity index (χ2n) is 3.66. The van der Waals surface area contributed by atoms with Gasteiger partial charge in [-0.05, 0) is 18.4 Å². The summed E-state index contributed by atoms with van der Waals surface area (Å²) in [5.74, 6) is -1.93. The molecule has 0 aliphatic rings. The van der Waals surface area contributed by atoms with E-state index in [1.807, 2.05) is 0 Å². The molecule has 3 N–H and O–H groups in total. The number of carboxylic acid groups (broad SMARTS) is 1. The number of unbranched alkanes of at least 4 members (excludes halogenated alkanes) is 1. The molecule has 18 heavy (non-hydrogen) atoms. The molecule has 1 aromatic carbocycles. The molecule has 0 radical (unpaired) electrons. The summed E-state index contributed by atoms with van der Waals surface area (Å²) < 4.78 is 0. The highest BCUT2D eigenvalue weighted by atomic mass is 16.4. The van der Waals surface area contributed by atoms with Crippen molar-refractivity contribution in [2.24, 2.45) is 5.73 Å². The van der Waals surface area contributed by atoms with Crippen LogP contribution < -0.4 is 5.73 Å². The van der Waals surface area contributed by atoms with E-state index in [9.17, 15) is 9.59 Å². The van der Waals surface area contributed by atoms with Gasteiger partial charge in [0.1, 0.15) is 0 Å². The van der Waals surface area contributed by atoms with E-state index in [-0.39, 0.29) is 0 Å². The molecule has 0 heterocycles. The third kappa shape index (κ3) is 10.4. The summed E-state index contributed by atoms with van der Waals surface area (Å²) >= 11 is 0. The van der Waals surface area contributed by atoms with E-state index in [2.05, 4.69) is 43.0 Å². The molecule has 0 saturated carbocycles. The van der Waals surface area contributed by atoms with Crippen LogP contribution >= 0.6 is 0 Å². The van der Waals surface area contributed by atoms with Crippen molar-refractivity contribution in [3.8, 4) is 0 Å². The molecular formula is C14H19NO3. The van der Waals surface area contributed by atoms with E-state index in [0.29, 0.717) is 6.08 Å². The number of aryl methyl sites for hydroxylation is 1. The molecule has 0 saturated heterocycles. The van der Waals surface area contributed by atoms with Crippen molar-refractivity contribution in [3.63, 3.8) is 0 Å². The first-order valence-electron chi connectivity index (χ1n) is 5.80. The summed E-state index contributed by atoms with van der Waals surface area (Å²) in [5.41, 5.74) is 6.01. The molecule has 0 spiro atoms. The average Bonchev–Trinajstić information content (AvgIpc) is 2.36. The number of primary amides is 1. The van der Waals surface area contributed by atoms with Crippen molar-refractivity contribution < 1.29 is 14.7 Å². The maximum atomic E-state index is 9.78. The molecule has 4 nitrogen and oxygen atoms in total. The van der Waals surface area contributed by atoms with Crippen LogP contribution in [0.1, 0.15) is 25.3 Å². The van der Waals surface area contributed by atoms with Gasteiger partial charge >= 0.3 is 5.97 Å². The van der Waals surface area contributed by atoms with E-state index >= 15 is 0 Å². The molecule has 0 bridgehead atoms. The highest BCUT2D eigenvalue weighted by molar-refractivity contribution is 5.92. The van der Waals surface area contributed by atoms with E-state index in [4.69, 9.17) is 5.11 Å². The molecule has 98 valence electrons. The summed E-state index contributed by atoms with van der Waals surface area (Å²) in [4.78, 5) is 19.4. The minimum absolute atomic E-state index is 0.683. The summed E-state index contributed by atoms with van der Waals surface area (Å²) in [5, 5.41) is 7.87. The van der Waals surface area contributed by atoms with Crippen molar-refractivity contribution in [2.75, 3.05) is 0 Å². The highest BCUT2D eigenvalue weighted by Crippen LogP contribution is 2.03. The fourth-order valence-corrected chi connectivity index (χ4v) is 1.18. The van der Waals surface area contributed by atoms with Crippen LogP contribution in [0, 0.1) is 0 Å². The van der Waals surface area contributed by atoms with Crippen LogP contribution in [0.5, 0.6) is 0 Å². The van der Waals surface area contributed by atoms with E-state index < -0.39 is 11.9 Å². The molecule has 0 aromatic heterocycles. The predicted octanol–water partition coefficient (Wildman–Crippen LogP) is 2.14. The van der Waals surface area contributed by atoms with Crippen LogP contribution in [0.25, 0.3) is 0 Å². The molecule has 0 aliphatic carbocycles. The SMILES string of the molecule is CCCCc1ccccc1.NC(=O)/C=C\C(=O)O. The van der Waals surface area contributed by atoms with Gasteiger partial charge in [0.05, 0.1) is 0 Å². The maximum absolute atomic E-state index is 9.78. The van der Waals surface area contributed by atoms with Crippen LogP contribution in [0.2, 0.25) is 0 Å². The van der Waals surface area contributed by atoms with Crippen molar-refractivity contribution >= 4 is 11.9 Å². The third-order valence-electron chi connectivity index (χ3n) is 2.05. The van der Waals surface area contributed by atoms with Gasteiger partial charge in [-0.3, -0.25) is 4.79 Å². The quantitative estimate of drug-likeness (QED) is 0.784. The van der Waals surface area contributed by atoms with Crippen molar-refractivity contribution in [1.82, 2.24) is 0 Å². The maximum Gasteiger partial charge on any atom is 0.328 e. The van der Waals surface area contributed by atoms with Gasteiger partial charge in [-0.2, -0.15) is 0 Å². The minimum Gasteiger partial charge on any atom is -0.478 e. The molecule has 4 heteroatoms. The topological polar surface area (TPSA) is 80.4 Å². The van der Waals surface area contributed by atoms with Gasteiger partial charge in [0, 0.05) is 12.2 Å². The van der Waals surface area contributed by atoms with Crippen molar-refractivity contribution in [3.05, 3.63) is 48.0 Å². The van der Waals surface area contributed by atoms with Crippen LogP contribution in [-0.4, -0.2) is 17.0 Å². The number of carbonyl (C=O) groups is 2. The number of carbonyl (C=O) groups excluding carboxylic acids is 1. The third-order valence-corrected chi connectivity index (χ3v) is 2.05. The molecule has 0 fully saturated rings. The van der Waals surface area contributed by atoms with Gasteiger partial charge in [-0.1, -0.05) is 43.7 Å². The zero-order valence-electron chi connectivity index (χ0n) is 10.5. The van der Waals surface area contributed by atoms with Gasteiger partial charge in [0.15, 0.2) is 0 Å². The number of rotatable bonds is 5. The van der Waals surface area contributed by atoms with Crippen molar-refractivity contribution in [1.29, 1.82) is 0 Å². The molecule has 1 aromatic rings. The predicted molar refractivity (Wildman–Crippen MR) is 71.0 cm³/mol. The Hall–Kier alpha value is -2.10. The van der Waals surface area contributed by atoms with Crippen LogP contribution in [0.3, 0.4) is 0 Å². The summed E-state index contributed by atoms with van der Waals surface area (Å²) in [6.07, 6.45) is 5.29. The lowest BCUT2D eigenvalue weighted by Crippen LogP contribution is -2.06. The van der Waals surface area contributed by atoms with E-state index in [1.165, 1.54) is 24.8 Å². The molecule has 0 unspecified atom stereocenters. The monoisotopic (exact) mass is 249 g/mol. The molecule has 1 rings (SSSR count). The first kappa shape index (κ1) is 15.9. The standard InChI is InChI=1S/C10H14.C4H5NO3/c1-2-3-7-10-8-5-4-6-9-10;5-3(6)1-2-4(7)8/h4-6,8-9H,2-3,7H2,1H3;1-2H,(H2,5,6)(H,7,8)/b;2-1-. The fourth-order valence-electron chi connectivity index (χ4n) is 1.18. The zero-order chi connectivity index (χ0) is 13.8. The van der Waals surface area contributed by atoms with Crippen LogP contribution in [0.4, 0.5) is 0 Å². The lowest BCUT2D eigenvalue weighted by atomic mass is 10.1. The molecular weight excluding hydrogens is 230 g/mol. The number of hydrogen-bond acceptors (Lipinski definition) is 2. The number of hydrogen-bond donors (Lipinski definition) is 2. The Labute approximate surface area is 107 Å². The molecule has 1 amide bonds. The molecule has 0 aliphatic heterocycles. The second-order valence-corrected chi connectivity index (χ2v) is 3.66. The fraction of sp³-hybridized carbons (Fsp3) is 0.286. The number of amides is 1. The van der Waals surface area contributed by atoms with Gasteiger partial charge in [0.25, 0.3) is 0 Å². The van der Waals surface area contributed by atoms with Gasteiger partial charge in [-0.25, -0.2) is 4.79 Å². The second kappa shape index (κ2) is 10.1. The number of aliphatic carboxylic acids is 1. The summed E-state index contributed by atoms with van der Waals surface area (Å²) in [6, 6.07) is 10.6. The zero-order valence-corrected chi connectivity index (χ0v) is 10.5. The van der Waals surface area contributed by atoms with Crippen molar-refractivity contribution in [2.45, 2.75) is 26.2 Å². The first-order chi connectivity index (χ1) is 8.56. The van der Waals surface area contributed by atoms with E-state index in [0.717, 1.165) is 6.08 Å². The largest absolute Gasteiger partial charge is 0.478 e. The normalized spacial score (nSPS) is 9.61. The Balaban J connectivity index is 0.000000331. The first-order valence-corrected chi connectivity index (χ1v) is 5.80. The van der Waals surface area contributed by atoms with E-state index in [1.54, 1.807) is 0 Å². The minimum atomic E-state index is -1.18. The molecule has 0 atom stereocenters. The van der Waals surface area contributed by atoms with Crippen LogP contribution in [0.15, 0.2) is 42.5 Å². The Morgan fingerprint density at radius 3 is 2.22 bits per heavy atom. The number of nitrogens with two attached hydrogens (primary N) is 1. The average molecular weight is 249 g/mol. The highest BCUT2D eigenvalue weighted by Gasteiger charge is 1.87. The van der Waals surface area contributed by atoms with Gasteiger partial charge in [-0.15, -0.1) is 0 Å². The number of benzene rings is 1. The Kier molecular flexibility index (Phi) is 8.90.